The average Bonchev–Trinajstić information content (AvgIpc) is 2.47. The van der Waals surface area contributed by atoms with Gasteiger partial charge in [0.2, 0.25) is 0 Å². The van der Waals surface area contributed by atoms with Gasteiger partial charge >= 0.3 is 123 Å². The predicted molar refractivity (Wildman–Crippen MR) is 74.1 cm³/mol. The Bertz CT molecular complexity index is 680. The van der Waals surface area contributed by atoms with E-state index in [1.54, 1.807) is 0 Å². The number of nitrogens with zero attached hydrogens (tertiary/aromatic N) is 2. The number of nitro groups is 2. The molecule has 0 heterocycles. The minimum atomic E-state index is -4.98. The first-order valence-electron chi connectivity index (χ1n) is 5.65. The van der Waals surface area contributed by atoms with Gasteiger partial charge in [-0.3, -0.25) is 0 Å². The molecular weight excluding hydrogens is 390 g/mol. The maximum atomic E-state index is 12.5. The number of nitro benzene ring substituents is 2. The molecule has 0 atom stereocenters. The van der Waals surface area contributed by atoms with E-state index in [-0.39, 0.29) is 18.4 Å². The quantitative estimate of drug-likeness (QED) is 0.453. The average molecular weight is 399 g/mol. The van der Waals surface area contributed by atoms with Crippen LogP contribution in [0.1, 0.15) is 0 Å². The third-order valence-corrected chi connectivity index (χ3v) is 8.52. The van der Waals surface area contributed by atoms with Crippen molar-refractivity contribution in [3.05, 3.63) is 68.8 Å². The van der Waals surface area contributed by atoms with Crippen LogP contribution < -0.4 is 7.02 Å². The van der Waals surface area contributed by atoms with Crippen LogP contribution in [0.15, 0.2) is 48.5 Å². The summed E-state index contributed by atoms with van der Waals surface area (Å²) in [5, 5.41) is 21.1. The Morgan fingerprint density at radius 3 is 1.29 bits per heavy atom. The van der Waals surface area contributed by atoms with E-state index >= 15 is 0 Å². The van der Waals surface area contributed by atoms with E-state index in [1.165, 1.54) is 24.3 Å². The van der Waals surface area contributed by atoms with E-state index in [0.717, 1.165) is 24.3 Å². The first-order chi connectivity index (χ1) is 9.82. The van der Waals surface area contributed by atoms with E-state index in [9.17, 15) is 26.6 Å². The zero-order valence-electron chi connectivity index (χ0n) is 10.4. The van der Waals surface area contributed by atoms with Gasteiger partial charge in [-0.15, -0.1) is 0 Å². The van der Waals surface area contributed by atoms with Crippen molar-refractivity contribution >= 4 is 37.6 Å². The van der Waals surface area contributed by atoms with E-state index in [2.05, 4.69) is 0 Å². The summed E-state index contributed by atoms with van der Waals surface area (Å²) in [4.78, 5) is 19.9. The third kappa shape index (κ3) is 3.12. The molecule has 8 nitrogen and oxygen atoms in total. The second-order valence-corrected chi connectivity index (χ2v) is 10.4. The molecule has 21 heavy (non-hydrogen) atoms. The molecule has 0 amide bonds. The molecule has 2 rings (SSSR count). The summed E-state index contributed by atoms with van der Waals surface area (Å²) in [5.74, 6) is 0. The van der Waals surface area contributed by atoms with Crippen LogP contribution in [-0.2, 0) is 3.02 Å². The SMILES string of the molecule is O=[N+]([O-])c1cc[c]([Sb](=[O])([OH])[c]2ccc([N+](=O)[O-])cc2)cc1. The molecule has 108 valence electrons. The first kappa shape index (κ1) is 15.2. The fourth-order valence-electron chi connectivity index (χ4n) is 1.70. The van der Waals surface area contributed by atoms with Gasteiger partial charge in [-0.25, -0.2) is 0 Å². The molecule has 0 saturated heterocycles. The van der Waals surface area contributed by atoms with Crippen molar-refractivity contribution in [1.29, 1.82) is 0 Å². The zero-order valence-corrected chi connectivity index (χ0v) is 13.0. The van der Waals surface area contributed by atoms with Crippen LogP contribution in [0.25, 0.3) is 0 Å². The van der Waals surface area contributed by atoms with E-state index in [1.807, 2.05) is 0 Å². The molecule has 0 fully saturated rings. The van der Waals surface area contributed by atoms with Crippen LogP contribution >= 0.6 is 0 Å². The van der Waals surface area contributed by atoms with Crippen molar-refractivity contribution in [3.63, 3.8) is 0 Å². The van der Waals surface area contributed by atoms with Gasteiger partial charge in [0, 0.05) is 0 Å². The fraction of sp³-hybridized carbons (Fsp3) is 0. The Balaban J connectivity index is 2.38. The van der Waals surface area contributed by atoms with Gasteiger partial charge in [-0.05, 0) is 0 Å². The van der Waals surface area contributed by atoms with Crippen LogP contribution in [0, 0.1) is 20.2 Å². The van der Waals surface area contributed by atoms with Crippen molar-refractivity contribution in [2.75, 3.05) is 0 Å². The van der Waals surface area contributed by atoms with Gasteiger partial charge in [-0.2, -0.15) is 0 Å². The second-order valence-electron chi connectivity index (χ2n) is 4.12. The Labute approximate surface area is 122 Å². The van der Waals surface area contributed by atoms with Gasteiger partial charge in [0.05, 0.1) is 0 Å². The molecule has 0 radical (unpaired) electrons. The number of hydrogen-bond donors (Lipinski definition) is 1. The van der Waals surface area contributed by atoms with Crippen LogP contribution in [-0.4, -0.2) is 32.4 Å². The molecular formula is C12H9N2O6Sb. The first-order valence-corrected chi connectivity index (χ1v) is 10.4. The molecule has 0 aliphatic heterocycles. The van der Waals surface area contributed by atoms with E-state index < -0.39 is 29.1 Å². The molecule has 9 heteroatoms. The van der Waals surface area contributed by atoms with Crippen molar-refractivity contribution < 1.29 is 16.2 Å². The number of rotatable bonds is 4. The summed E-state index contributed by atoms with van der Waals surface area (Å²) in [6.07, 6.45) is 0. The van der Waals surface area contributed by atoms with E-state index in [0.29, 0.717) is 0 Å². The normalized spacial score (nSPS) is 11.1. The summed E-state index contributed by atoms with van der Waals surface area (Å²) in [7, 11) is 0. The van der Waals surface area contributed by atoms with E-state index in [4.69, 9.17) is 0 Å². The topological polar surface area (TPSA) is 124 Å². The van der Waals surface area contributed by atoms with Crippen molar-refractivity contribution in [1.82, 2.24) is 0 Å². The Morgan fingerprint density at radius 1 is 0.762 bits per heavy atom. The van der Waals surface area contributed by atoms with Crippen LogP contribution in [0.2, 0.25) is 0 Å². The maximum absolute atomic E-state index is 12.5. The summed E-state index contributed by atoms with van der Waals surface area (Å²) in [5.41, 5.74) is -0.356. The van der Waals surface area contributed by atoms with Gasteiger partial charge in [0.15, 0.2) is 0 Å². The Hall–Kier alpha value is -2.18. The molecule has 0 aromatic heterocycles. The summed E-state index contributed by atoms with van der Waals surface area (Å²) in [6, 6.07) is 9.54. The van der Waals surface area contributed by atoms with Gasteiger partial charge in [0.25, 0.3) is 0 Å². The molecule has 1 N–H and O–H groups in total. The predicted octanol–water partition coefficient (Wildman–Crippen LogP) is 0.482. The standard InChI is InChI=1S/2C6H4NO2.H2O.O.Sb/c2*8-7(9)6-4-2-1-3-5-6;;;/h2*2-5H;1H2;;/q;;;;+1/p-1. The summed E-state index contributed by atoms with van der Waals surface area (Å²) < 4.78 is 22.9. The van der Waals surface area contributed by atoms with Crippen molar-refractivity contribution in [2.24, 2.45) is 0 Å². The summed E-state index contributed by atoms with van der Waals surface area (Å²) in [6.45, 7) is 0. The van der Waals surface area contributed by atoms with Crippen molar-refractivity contribution in [3.8, 4) is 0 Å². The summed E-state index contributed by atoms with van der Waals surface area (Å²) >= 11 is -4.98. The number of hydrogen-bond acceptors (Lipinski definition) is 5. The fourth-order valence-corrected chi connectivity index (χ4v) is 5.71. The number of benzene rings is 2. The monoisotopic (exact) mass is 398 g/mol. The molecule has 0 bridgehead atoms. The second kappa shape index (κ2) is 5.67. The molecule has 0 saturated carbocycles. The minimum absolute atomic E-state index is 0.105. The van der Waals surface area contributed by atoms with Gasteiger partial charge in [0.1, 0.15) is 0 Å². The molecule has 0 spiro atoms. The Morgan fingerprint density at radius 2 is 1.05 bits per heavy atom. The molecule has 0 aliphatic rings. The van der Waals surface area contributed by atoms with Crippen LogP contribution in [0.4, 0.5) is 11.4 Å². The zero-order chi connectivity index (χ0) is 15.6. The molecule has 0 unspecified atom stereocenters. The van der Waals surface area contributed by atoms with Crippen LogP contribution in [0.5, 0.6) is 0 Å². The molecule has 2 aromatic rings. The third-order valence-electron chi connectivity index (χ3n) is 2.82. The Kier molecular flexibility index (Phi) is 4.11. The molecule has 0 aliphatic carbocycles. The van der Waals surface area contributed by atoms with Crippen molar-refractivity contribution in [2.45, 2.75) is 0 Å². The van der Waals surface area contributed by atoms with Crippen LogP contribution in [0.3, 0.4) is 0 Å². The van der Waals surface area contributed by atoms with Gasteiger partial charge < -0.3 is 0 Å². The number of non-ortho nitro benzene ring substituents is 2. The molecule has 2 aromatic carbocycles. The van der Waals surface area contributed by atoms with Gasteiger partial charge in [-0.1, -0.05) is 0 Å².